The number of rotatable bonds is 6. The third-order valence-corrected chi connectivity index (χ3v) is 6.84. The maximum atomic E-state index is 12.0. The second-order valence-corrected chi connectivity index (χ2v) is 9.04. The molecule has 0 fully saturated rings. The summed E-state index contributed by atoms with van der Waals surface area (Å²) in [6.07, 6.45) is 3.03. The lowest BCUT2D eigenvalue weighted by atomic mass is 10.2. The molecule has 0 aliphatic carbocycles. The molecule has 0 bridgehead atoms. The van der Waals surface area contributed by atoms with Gasteiger partial charge in [-0.2, -0.15) is 0 Å². The van der Waals surface area contributed by atoms with Gasteiger partial charge in [0.15, 0.2) is 0 Å². The van der Waals surface area contributed by atoms with Crippen molar-refractivity contribution in [3.8, 4) is 0 Å². The number of nitrogens with zero attached hydrogens (tertiary/aromatic N) is 1. The van der Waals surface area contributed by atoms with Gasteiger partial charge in [0.2, 0.25) is 5.91 Å². The van der Waals surface area contributed by atoms with Crippen LogP contribution in [-0.4, -0.2) is 32.7 Å². The lowest BCUT2D eigenvalue weighted by Crippen LogP contribution is -2.21. The van der Waals surface area contributed by atoms with Crippen molar-refractivity contribution in [2.75, 3.05) is 14.1 Å². The fourth-order valence-electron chi connectivity index (χ4n) is 1.78. The van der Waals surface area contributed by atoms with Crippen LogP contribution in [0.2, 0.25) is 5.02 Å². The number of hydrogen-bond donors (Lipinski definition) is 1. The van der Waals surface area contributed by atoms with Crippen molar-refractivity contribution in [3.63, 3.8) is 0 Å². The Morgan fingerprint density at radius 1 is 1.25 bits per heavy atom. The fourth-order valence-corrected chi connectivity index (χ4v) is 4.44. The lowest BCUT2D eigenvalue weighted by molar-refractivity contribution is -0.116. The molecule has 1 N–H and O–H groups in total. The van der Waals surface area contributed by atoms with Gasteiger partial charge in [0.05, 0.1) is 6.54 Å². The number of amides is 1. The highest BCUT2D eigenvalue weighted by Crippen LogP contribution is 2.23. The number of sulfonamides is 1. The second kappa shape index (κ2) is 7.94. The molecular weight excluding hydrogens is 368 g/mol. The predicted molar refractivity (Wildman–Crippen MR) is 97.5 cm³/mol. The van der Waals surface area contributed by atoms with Crippen molar-refractivity contribution >= 4 is 44.9 Å². The van der Waals surface area contributed by atoms with E-state index in [-0.39, 0.29) is 16.7 Å². The predicted octanol–water partition coefficient (Wildman–Crippen LogP) is 2.98. The third kappa shape index (κ3) is 4.67. The molecule has 1 amide bonds. The van der Waals surface area contributed by atoms with Gasteiger partial charge >= 0.3 is 0 Å². The van der Waals surface area contributed by atoms with Crippen LogP contribution in [0.5, 0.6) is 0 Å². The van der Waals surface area contributed by atoms with Gasteiger partial charge in [-0.25, -0.2) is 12.7 Å². The summed E-state index contributed by atoms with van der Waals surface area (Å²) >= 11 is 7.15. The fraction of sp³-hybridized carbons (Fsp3) is 0.188. The van der Waals surface area contributed by atoms with Crippen molar-refractivity contribution in [1.29, 1.82) is 0 Å². The van der Waals surface area contributed by atoms with Gasteiger partial charge in [-0.3, -0.25) is 4.79 Å². The zero-order valence-corrected chi connectivity index (χ0v) is 15.6. The van der Waals surface area contributed by atoms with E-state index in [2.05, 4.69) is 5.32 Å². The van der Waals surface area contributed by atoms with Crippen LogP contribution >= 0.6 is 22.9 Å². The van der Waals surface area contributed by atoms with Gasteiger partial charge in [-0.05, 0) is 29.8 Å². The van der Waals surface area contributed by atoms with Crippen LogP contribution in [-0.2, 0) is 21.4 Å². The van der Waals surface area contributed by atoms with Crippen molar-refractivity contribution in [2.24, 2.45) is 0 Å². The Morgan fingerprint density at radius 2 is 1.96 bits per heavy atom. The molecular formula is C16H17ClN2O3S2. The Morgan fingerprint density at radius 3 is 2.62 bits per heavy atom. The van der Waals surface area contributed by atoms with Gasteiger partial charge in [0, 0.05) is 30.1 Å². The average molecular weight is 385 g/mol. The van der Waals surface area contributed by atoms with Crippen LogP contribution in [0.25, 0.3) is 6.08 Å². The van der Waals surface area contributed by atoms with E-state index in [1.807, 2.05) is 18.2 Å². The highest BCUT2D eigenvalue weighted by molar-refractivity contribution is 7.91. The minimum Gasteiger partial charge on any atom is -0.348 e. The zero-order valence-electron chi connectivity index (χ0n) is 13.2. The summed E-state index contributed by atoms with van der Waals surface area (Å²) in [5, 5.41) is 3.28. The maximum Gasteiger partial charge on any atom is 0.252 e. The number of benzene rings is 1. The van der Waals surface area contributed by atoms with E-state index in [0.29, 0.717) is 5.02 Å². The topological polar surface area (TPSA) is 66.5 Å². The molecule has 0 radical (unpaired) electrons. The summed E-state index contributed by atoms with van der Waals surface area (Å²) < 4.78 is 25.4. The average Bonchev–Trinajstić information content (AvgIpc) is 3.01. The smallest absolute Gasteiger partial charge is 0.252 e. The first kappa shape index (κ1) is 18.7. The van der Waals surface area contributed by atoms with Crippen molar-refractivity contribution in [2.45, 2.75) is 10.8 Å². The summed E-state index contributed by atoms with van der Waals surface area (Å²) in [5.41, 5.74) is 0.754. The molecule has 0 unspecified atom stereocenters. The molecule has 1 heterocycles. The second-order valence-electron chi connectivity index (χ2n) is 5.08. The molecule has 24 heavy (non-hydrogen) atoms. The molecule has 5 nitrogen and oxygen atoms in total. The van der Waals surface area contributed by atoms with E-state index >= 15 is 0 Å². The number of thiophene rings is 1. The molecule has 0 aliphatic rings. The van der Waals surface area contributed by atoms with Crippen LogP contribution in [0, 0.1) is 0 Å². The van der Waals surface area contributed by atoms with Crippen LogP contribution < -0.4 is 5.32 Å². The molecule has 0 aliphatic heterocycles. The molecule has 2 rings (SSSR count). The lowest BCUT2D eigenvalue weighted by Gasteiger charge is -2.08. The van der Waals surface area contributed by atoms with E-state index in [1.54, 1.807) is 24.3 Å². The number of carbonyl (C=O) groups excluding carboxylic acids is 1. The Bertz CT molecular complexity index is 858. The monoisotopic (exact) mass is 384 g/mol. The Kier molecular flexibility index (Phi) is 6.17. The Labute approximate surface area is 150 Å². The number of halogens is 1. The van der Waals surface area contributed by atoms with Crippen molar-refractivity contribution in [1.82, 2.24) is 9.62 Å². The van der Waals surface area contributed by atoms with Gasteiger partial charge in [-0.15, -0.1) is 11.3 Å². The summed E-state index contributed by atoms with van der Waals surface area (Å²) in [6, 6.07) is 10.4. The molecule has 2 aromatic rings. The Hall–Kier alpha value is -1.67. The highest BCUT2D eigenvalue weighted by Gasteiger charge is 2.19. The number of hydrogen-bond acceptors (Lipinski definition) is 4. The quantitative estimate of drug-likeness (QED) is 0.778. The van der Waals surface area contributed by atoms with Crippen LogP contribution in [0.1, 0.15) is 10.4 Å². The standard InChI is InChI=1S/C16H17ClN2O3S2/c1-19(2)24(21,22)16-10-8-13(23-16)11-18-15(20)9-7-12-5-3-4-6-14(12)17/h3-10H,11H2,1-2H3,(H,18,20). The van der Waals surface area contributed by atoms with E-state index in [0.717, 1.165) is 26.1 Å². The van der Waals surface area contributed by atoms with Gasteiger partial charge in [-0.1, -0.05) is 29.8 Å². The van der Waals surface area contributed by atoms with E-state index in [9.17, 15) is 13.2 Å². The van der Waals surface area contributed by atoms with Gasteiger partial charge in [0.1, 0.15) is 4.21 Å². The summed E-state index contributed by atoms with van der Waals surface area (Å²) in [7, 11) is -0.471. The molecule has 0 saturated carbocycles. The van der Waals surface area contributed by atoms with Gasteiger partial charge in [0.25, 0.3) is 10.0 Å². The molecule has 0 spiro atoms. The first-order valence-electron chi connectivity index (χ1n) is 7.02. The minimum absolute atomic E-state index is 0.253. The summed E-state index contributed by atoms with van der Waals surface area (Å²) in [6.45, 7) is 0.263. The number of carbonyl (C=O) groups is 1. The minimum atomic E-state index is -3.44. The van der Waals surface area contributed by atoms with Crippen LogP contribution in [0.3, 0.4) is 0 Å². The zero-order chi connectivity index (χ0) is 17.7. The number of nitrogens with one attached hydrogen (secondary N) is 1. The van der Waals surface area contributed by atoms with Crippen molar-refractivity contribution in [3.05, 3.63) is 57.9 Å². The third-order valence-electron chi connectivity index (χ3n) is 3.13. The molecule has 1 aromatic heterocycles. The molecule has 1 aromatic carbocycles. The Balaban J connectivity index is 1.96. The SMILES string of the molecule is CN(C)S(=O)(=O)c1ccc(CNC(=O)C=Cc2ccccc2Cl)s1. The first-order chi connectivity index (χ1) is 11.3. The largest absolute Gasteiger partial charge is 0.348 e. The normalized spacial score (nSPS) is 12.0. The van der Waals surface area contributed by atoms with E-state index < -0.39 is 10.0 Å². The molecule has 0 atom stereocenters. The molecule has 0 saturated heterocycles. The summed E-state index contributed by atoms with van der Waals surface area (Å²) in [5.74, 6) is -0.277. The maximum absolute atomic E-state index is 12.0. The summed E-state index contributed by atoms with van der Waals surface area (Å²) in [4.78, 5) is 12.6. The molecule has 8 heteroatoms. The highest BCUT2D eigenvalue weighted by atomic mass is 35.5. The van der Waals surface area contributed by atoms with Crippen molar-refractivity contribution < 1.29 is 13.2 Å². The van der Waals surface area contributed by atoms with E-state index in [4.69, 9.17) is 11.6 Å². The van der Waals surface area contributed by atoms with Crippen LogP contribution in [0.15, 0.2) is 46.7 Å². The van der Waals surface area contributed by atoms with Crippen LogP contribution in [0.4, 0.5) is 0 Å². The van der Waals surface area contributed by atoms with E-state index in [1.165, 1.54) is 20.2 Å². The molecule has 128 valence electrons. The van der Waals surface area contributed by atoms with Gasteiger partial charge < -0.3 is 5.32 Å². The first-order valence-corrected chi connectivity index (χ1v) is 9.66.